The molecule has 1 aromatic rings. The fraction of sp³-hybridized carbons (Fsp3) is 0.545. The monoisotopic (exact) mass is 239 g/mol. The zero-order chi connectivity index (χ0) is 12.7. The van der Waals surface area contributed by atoms with Crippen molar-refractivity contribution in [2.45, 2.75) is 13.8 Å². The molecule has 0 amide bonds. The predicted molar refractivity (Wildman–Crippen MR) is 63.1 cm³/mol. The molecule has 1 heterocycles. The summed E-state index contributed by atoms with van der Waals surface area (Å²) >= 11 is 0. The molecule has 6 nitrogen and oxygen atoms in total. The topological polar surface area (TPSA) is 64.5 Å². The highest BCUT2D eigenvalue weighted by Crippen LogP contribution is 2.12. The number of rotatable bonds is 6. The first kappa shape index (κ1) is 13.2. The lowest BCUT2D eigenvalue weighted by Gasteiger charge is -2.19. The Labute approximate surface area is 101 Å². The number of esters is 1. The summed E-state index contributed by atoms with van der Waals surface area (Å²) < 4.78 is 9.89. The van der Waals surface area contributed by atoms with Crippen LogP contribution in [-0.2, 0) is 9.53 Å². The smallest absolute Gasteiger partial charge is 0.325 e. The lowest BCUT2D eigenvalue weighted by Crippen LogP contribution is -2.31. The van der Waals surface area contributed by atoms with Crippen LogP contribution in [0.3, 0.4) is 0 Å². The Hall–Kier alpha value is -1.85. The minimum absolute atomic E-state index is 0.128. The van der Waals surface area contributed by atoms with Gasteiger partial charge in [-0.25, -0.2) is 4.98 Å². The van der Waals surface area contributed by atoms with Gasteiger partial charge in [0.15, 0.2) is 0 Å². The SMILES string of the molecule is CCOc1ccnc(N(CC)CC(=O)OC)n1. The molecule has 0 saturated heterocycles. The third kappa shape index (κ3) is 3.90. The quantitative estimate of drug-likeness (QED) is 0.686. The van der Waals surface area contributed by atoms with Crippen LogP contribution in [0.4, 0.5) is 5.95 Å². The van der Waals surface area contributed by atoms with Crippen LogP contribution in [0.15, 0.2) is 12.3 Å². The predicted octanol–water partition coefficient (Wildman–Crippen LogP) is 0.875. The number of likely N-dealkylation sites (N-methyl/N-ethyl adjacent to an activating group) is 1. The Morgan fingerprint density at radius 3 is 2.82 bits per heavy atom. The molecule has 0 atom stereocenters. The number of hydrogen-bond acceptors (Lipinski definition) is 6. The molecule has 0 aliphatic rings. The van der Waals surface area contributed by atoms with Crippen molar-refractivity contribution in [1.29, 1.82) is 0 Å². The number of anilines is 1. The molecular formula is C11H17N3O3. The second kappa shape index (κ2) is 6.67. The highest BCUT2D eigenvalue weighted by molar-refractivity contribution is 5.74. The van der Waals surface area contributed by atoms with Crippen LogP contribution in [0.5, 0.6) is 5.88 Å². The number of carbonyl (C=O) groups excluding carboxylic acids is 1. The average Bonchev–Trinajstić information content (AvgIpc) is 2.36. The molecule has 0 fully saturated rings. The summed E-state index contributed by atoms with van der Waals surface area (Å²) in [7, 11) is 1.35. The lowest BCUT2D eigenvalue weighted by molar-refractivity contribution is -0.138. The number of nitrogens with zero attached hydrogens (tertiary/aromatic N) is 3. The Morgan fingerprint density at radius 1 is 1.47 bits per heavy atom. The van der Waals surface area contributed by atoms with Crippen LogP contribution in [0.2, 0.25) is 0 Å². The second-order valence-electron chi connectivity index (χ2n) is 3.22. The molecular weight excluding hydrogens is 222 g/mol. The Kier molecular flexibility index (Phi) is 5.19. The van der Waals surface area contributed by atoms with E-state index in [9.17, 15) is 4.79 Å². The molecule has 94 valence electrons. The van der Waals surface area contributed by atoms with Crippen LogP contribution >= 0.6 is 0 Å². The maximum atomic E-state index is 11.2. The van der Waals surface area contributed by atoms with Gasteiger partial charge in [0.05, 0.1) is 13.7 Å². The van der Waals surface area contributed by atoms with Gasteiger partial charge in [-0.3, -0.25) is 4.79 Å². The van der Waals surface area contributed by atoms with Crippen molar-refractivity contribution < 1.29 is 14.3 Å². The number of methoxy groups -OCH3 is 1. The summed E-state index contributed by atoms with van der Waals surface area (Å²) in [5.74, 6) is 0.641. The Balaban J connectivity index is 2.80. The van der Waals surface area contributed by atoms with E-state index < -0.39 is 0 Å². The van der Waals surface area contributed by atoms with Gasteiger partial charge in [-0.15, -0.1) is 0 Å². The highest BCUT2D eigenvalue weighted by Gasteiger charge is 2.13. The van der Waals surface area contributed by atoms with E-state index in [1.54, 1.807) is 17.2 Å². The van der Waals surface area contributed by atoms with E-state index in [2.05, 4.69) is 14.7 Å². The molecule has 0 aliphatic carbocycles. The first-order chi connectivity index (χ1) is 8.21. The zero-order valence-corrected chi connectivity index (χ0v) is 10.3. The second-order valence-corrected chi connectivity index (χ2v) is 3.22. The number of hydrogen-bond donors (Lipinski definition) is 0. The van der Waals surface area contributed by atoms with Crippen molar-refractivity contribution in [3.05, 3.63) is 12.3 Å². The molecule has 0 unspecified atom stereocenters. The largest absolute Gasteiger partial charge is 0.478 e. The minimum Gasteiger partial charge on any atom is -0.478 e. The summed E-state index contributed by atoms with van der Waals surface area (Å²) in [6.45, 7) is 5.08. The van der Waals surface area contributed by atoms with E-state index in [0.717, 1.165) is 0 Å². The van der Waals surface area contributed by atoms with Crippen molar-refractivity contribution in [1.82, 2.24) is 9.97 Å². The van der Waals surface area contributed by atoms with E-state index in [1.165, 1.54) is 7.11 Å². The summed E-state index contributed by atoms with van der Waals surface area (Å²) in [6, 6.07) is 1.68. The maximum absolute atomic E-state index is 11.2. The van der Waals surface area contributed by atoms with Crippen molar-refractivity contribution in [3.63, 3.8) is 0 Å². The molecule has 0 saturated carbocycles. The number of ether oxygens (including phenoxy) is 2. The van der Waals surface area contributed by atoms with Crippen molar-refractivity contribution in [2.75, 3.05) is 31.7 Å². The van der Waals surface area contributed by atoms with Crippen molar-refractivity contribution in [3.8, 4) is 5.88 Å². The number of aromatic nitrogens is 2. The Morgan fingerprint density at radius 2 is 2.24 bits per heavy atom. The number of carbonyl (C=O) groups is 1. The van der Waals surface area contributed by atoms with E-state index in [-0.39, 0.29) is 12.5 Å². The van der Waals surface area contributed by atoms with Gasteiger partial charge in [0, 0.05) is 18.8 Å². The molecule has 1 aromatic heterocycles. The van der Waals surface area contributed by atoms with E-state index in [4.69, 9.17) is 4.74 Å². The molecule has 0 aromatic carbocycles. The van der Waals surface area contributed by atoms with E-state index in [0.29, 0.717) is 25.0 Å². The Bertz CT molecular complexity index is 371. The summed E-state index contributed by atoms with van der Waals surface area (Å²) in [6.07, 6.45) is 1.60. The van der Waals surface area contributed by atoms with Crippen LogP contribution in [-0.4, -0.2) is 42.7 Å². The van der Waals surface area contributed by atoms with Gasteiger partial charge in [0.25, 0.3) is 0 Å². The van der Waals surface area contributed by atoms with Crippen LogP contribution in [0.25, 0.3) is 0 Å². The van der Waals surface area contributed by atoms with Crippen LogP contribution < -0.4 is 9.64 Å². The fourth-order valence-electron chi connectivity index (χ4n) is 1.26. The van der Waals surface area contributed by atoms with E-state index in [1.807, 2.05) is 13.8 Å². The molecule has 0 spiro atoms. The molecule has 1 rings (SSSR count). The van der Waals surface area contributed by atoms with Crippen molar-refractivity contribution in [2.24, 2.45) is 0 Å². The molecule has 0 aliphatic heterocycles. The maximum Gasteiger partial charge on any atom is 0.325 e. The lowest BCUT2D eigenvalue weighted by atomic mass is 10.5. The fourth-order valence-corrected chi connectivity index (χ4v) is 1.26. The molecule has 6 heteroatoms. The van der Waals surface area contributed by atoms with Gasteiger partial charge in [-0.05, 0) is 13.8 Å². The minimum atomic E-state index is -0.322. The third-order valence-corrected chi connectivity index (χ3v) is 2.12. The van der Waals surface area contributed by atoms with Crippen LogP contribution in [0.1, 0.15) is 13.8 Å². The molecule has 0 bridgehead atoms. The molecule has 17 heavy (non-hydrogen) atoms. The first-order valence-corrected chi connectivity index (χ1v) is 5.48. The third-order valence-electron chi connectivity index (χ3n) is 2.12. The van der Waals surface area contributed by atoms with E-state index >= 15 is 0 Å². The standard InChI is InChI=1S/C11H17N3O3/c1-4-14(8-10(15)16-3)11-12-7-6-9(13-11)17-5-2/h6-7H,4-5,8H2,1-3H3. The summed E-state index contributed by atoms with van der Waals surface area (Å²) in [5, 5.41) is 0. The van der Waals surface area contributed by atoms with Gasteiger partial charge in [0.1, 0.15) is 6.54 Å². The summed E-state index contributed by atoms with van der Waals surface area (Å²) in [5.41, 5.74) is 0. The van der Waals surface area contributed by atoms with Crippen molar-refractivity contribution >= 4 is 11.9 Å². The zero-order valence-electron chi connectivity index (χ0n) is 10.3. The normalized spacial score (nSPS) is 9.82. The first-order valence-electron chi connectivity index (χ1n) is 5.48. The summed E-state index contributed by atoms with van der Waals surface area (Å²) in [4.78, 5) is 21.2. The van der Waals surface area contributed by atoms with Gasteiger partial charge in [-0.2, -0.15) is 4.98 Å². The van der Waals surface area contributed by atoms with Gasteiger partial charge < -0.3 is 14.4 Å². The van der Waals surface area contributed by atoms with Gasteiger partial charge in [0.2, 0.25) is 11.8 Å². The van der Waals surface area contributed by atoms with Crippen LogP contribution in [0, 0.1) is 0 Å². The highest BCUT2D eigenvalue weighted by atomic mass is 16.5. The molecule has 0 radical (unpaired) electrons. The average molecular weight is 239 g/mol. The molecule has 0 N–H and O–H groups in total. The van der Waals surface area contributed by atoms with Gasteiger partial charge in [-0.1, -0.05) is 0 Å². The van der Waals surface area contributed by atoms with Gasteiger partial charge >= 0.3 is 5.97 Å².